The Bertz CT molecular complexity index is 1070. The van der Waals surface area contributed by atoms with E-state index < -0.39 is 23.7 Å². The number of para-hydroxylation sites is 1. The van der Waals surface area contributed by atoms with E-state index in [1.807, 2.05) is 30.5 Å². The third-order valence-corrected chi connectivity index (χ3v) is 4.74. The molecule has 0 saturated carbocycles. The topological polar surface area (TPSA) is 71.3 Å². The highest BCUT2D eigenvalue weighted by Gasteiger charge is 2.22. The van der Waals surface area contributed by atoms with Crippen molar-refractivity contribution in [2.45, 2.75) is 32.4 Å². The molecular weight excluding hydrogens is 371 g/mol. The van der Waals surface area contributed by atoms with Gasteiger partial charge >= 0.3 is 5.97 Å². The predicted octanol–water partition coefficient (Wildman–Crippen LogP) is 4.19. The van der Waals surface area contributed by atoms with Crippen LogP contribution in [0, 0.1) is 5.82 Å². The van der Waals surface area contributed by atoms with Crippen molar-refractivity contribution in [3.63, 3.8) is 0 Å². The average Bonchev–Trinajstić information content (AvgIpc) is 3.06. The van der Waals surface area contributed by atoms with E-state index in [0.29, 0.717) is 0 Å². The standard InChI is InChI=1S/C23H23FN2O3/c1-15(2)26-14-17(18-8-4-6-10-21(18)26)13-20(23(28)29)25-22(27)12-11-16-7-3-5-9-19(16)24/h3-12,14-15,20H,13H2,1-2H3,(H,25,27)(H,28,29)/t20-/m0/s1. The highest BCUT2D eigenvalue weighted by atomic mass is 19.1. The minimum Gasteiger partial charge on any atom is -0.480 e. The van der Waals surface area contributed by atoms with Crippen molar-refractivity contribution in [3.8, 4) is 0 Å². The molecule has 3 rings (SSSR count). The van der Waals surface area contributed by atoms with Crippen LogP contribution in [0.1, 0.15) is 31.0 Å². The van der Waals surface area contributed by atoms with Gasteiger partial charge in [0.1, 0.15) is 11.9 Å². The number of amides is 1. The third-order valence-electron chi connectivity index (χ3n) is 4.74. The van der Waals surface area contributed by atoms with E-state index in [1.165, 1.54) is 18.2 Å². The molecule has 6 heteroatoms. The van der Waals surface area contributed by atoms with E-state index in [4.69, 9.17) is 0 Å². The maximum atomic E-state index is 13.7. The maximum Gasteiger partial charge on any atom is 0.326 e. The van der Waals surface area contributed by atoms with E-state index in [1.54, 1.807) is 12.1 Å². The van der Waals surface area contributed by atoms with Crippen molar-refractivity contribution >= 4 is 28.9 Å². The van der Waals surface area contributed by atoms with E-state index in [0.717, 1.165) is 22.5 Å². The number of hydrogen-bond acceptors (Lipinski definition) is 2. The summed E-state index contributed by atoms with van der Waals surface area (Å²) in [6, 6.07) is 12.9. The fourth-order valence-corrected chi connectivity index (χ4v) is 3.28. The van der Waals surface area contributed by atoms with E-state index in [-0.39, 0.29) is 18.0 Å². The Morgan fingerprint density at radius 2 is 1.83 bits per heavy atom. The van der Waals surface area contributed by atoms with Crippen molar-refractivity contribution in [1.82, 2.24) is 9.88 Å². The van der Waals surface area contributed by atoms with E-state index in [2.05, 4.69) is 23.7 Å². The lowest BCUT2D eigenvalue weighted by atomic mass is 10.0. The van der Waals surface area contributed by atoms with Gasteiger partial charge in [0.05, 0.1) is 0 Å². The van der Waals surface area contributed by atoms with Gasteiger partial charge in [0, 0.05) is 41.2 Å². The van der Waals surface area contributed by atoms with Gasteiger partial charge in [0.15, 0.2) is 0 Å². The van der Waals surface area contributed by atoms with Crippen molar-refractivity contribution in [3.05, 3.63) is 77.7 Å². The van der Waals surface area contributed by atoms with Crippen molar-refractivity contribution < 1.29 is 19.1 Å². The van der Waals surface area contributed by atoms with E-state index >= 15 is 0 Å². The number of aromatic nitrogens is 1. The molecule has 0 radical (unpaired) electrons. The molecule has 5 nitrogen and oxygen atoms in total. The van der Waals surface area contributed by atoms with Crippen LogP contribution in [0.4, 0.5) is 4.39 Å². The molecule has 0 aliphatic heterocycles. The molecule has 0 bridgehead atoms. The van der Waals surface area contributed by atoms with Gasteiger partial charge in [-0.05, 0) is 37.6 Å². The lowest BCUT2D eigenvalue weighted by Crippen LogP contribution is -2.41. The first-order valence-electron chi connectivity index (χ1n) is 9.41. The number of halogens is 1. The fourth-order valence-electron chi connectivity index (χ4n) is 3.28. The maximum absolute atomic E-state index is 13.7. The Hall–Kier alpha value is -3.41. The monoisotopic (exact) mass is 394 g/mol. The van der Waals surface area contributed by atoms with Gasteiger partial charge in [-0.1, -0.05) is 36.4 Å². The summed E-state index contributed by atoms with van der Waals surface area (Å²) >= 11 is 0. The summed E-state index contributed by atoms with van der Waals surface area (Å²) in [4.78, 5) is 24.0. The van der Waals surface area contributed by atoms with Crippen LogP contribution in [0.3, 0.4) is 0 Å². The quantitative estimate of drug-likeness (QED) is 0.591. The zero-order chi connectivity index (χ0) is 21.0. The Kier molecular flexibility index (Phi) is 6.12. The van der Waals surface area contributed by atoms with Crippen molar-refractivity contribution in [1.29, 1.82) is 0 Å². The van der Waals surface area contributed by atoms with Gasteiger partial charge in [-0.2, -0.15) is 0 Å². The number of benzene rings is 2. The molecule has 0 fully saturated rings. The number of hydrogen-bond donors (Lipinski definition) is 2. The first-order valence-corrected chi connectivity index (χ1v) is 9.41. The van der Waals surface area contributed by atoms with Gasteiger partial charge in [-0.25, -0.2) is 9.18 Å². The van der Waals surface area contributed by atoms with Crippen LogP contribution in [-0.4, -0.2) is 27.6 Å². The second-order valence-electron chi connectivity index (χ2n) is 7.13. The summed E-state index contributed by atoms with van der Waals surface area (Å²) in [6.07, 6.45) is 4.56. The largest absolute Gasteiger partial charge is 0.480 e. The van der Waals surface area contributed by atoms with Gasteiger partial charge in [0.2, 0.25) is 5.91 Å². The Morgan fingerprint density at radius 1 is 1.14 bits per heavy atom. The summed E-state index contributed by atoms with van der Waals surface area (Å²) < 4.78 is 15.7. The molecule has 3 aromatic rings. The van der Waals surface area contributed by atoms with Gasteiger partial charge < -0.3 is 15.0 Å². The smallest absolute Gasteiger partial charge is 0.326 e. The summed E-state index contributed by atoms with van der Waals surface area (Å²) in [7, 11) is 0. The van der Waals surface area contributed by atoms with Crippen LogP contribution >= 0.6 is 0 Å². The predicted molar refractivity (Wildman–Crippen MR) is 111 cm³/mol. The molecular formula is C23H23FN2O3. The molecule has 1 amide bonds. The molecule has 0 spiro atoms. The van der Waals surface area contributed by atoms with Gasteiger partial charge in [0.25, 0.3) is 0 Å². The zero-order valence-corrected chi connectivity index (χ0v) is 16.3. The van der Waals surface area contributed by atoms with Crippen molar-refractivity contribution in [2.24, 2.45) is 0 Å². The number of fused-ring (bicyclic) bond motifs is 1. The Morgan fingerprint density at radius 3 is 2.52 bits per heavy atom. The van der Waals surface area contributed by atoms with Crippen LogP contribution < -0.4 is 5.32 Å². The molecule has 29 heavy (non-hydrogen) atoms. The van der Waals surface area contributed by atoms with Crippen LogP contribution in [0.2, 0.25) is 0 Å². The molecule has 150 valence electrons. The minimum atomic E-state index is -1.13. The molecule has 1 heterocycles. The third kappa shape index (κ3) is 4.71. The Balaban J connectivity index is 1.79. The molecule has 0 aliphatic carbocycles. The molecule has 0 aliphatic rings. The molecule has 1 aromatic heterocycles. The minimum absolute atomic E-state index is 0.148. The normalized spacial score (nSPS) is 12.6. The molecule has 2 N–H and O–H groups in total. The van der Waals surface area contributed by atoms with Crippen molar-refractivity contribution in [2.75, 3.05) is 0 Å². The SMILES string of the molecule is CC(C)n1cc(C[C@H](NC(=O)C=Cc2ccccc2F)C(=O)O)c2ccccc21. The van der Waals surface area contributed by atoms with E-state index in [9.17, 15) is 19.1 Å². The second-order valence-corrected chi connectivity index (χ2v) is 7.13. The Labute approximate surface area is 168 Å². The van der Waals surface area contributed by atoms with Crippen LogP contribution in [-0.2, 0) is 16.0 Å². The number of nitrogens with zero attached hydrogens (tertiary/aromatic N) is 1. The molecule has 0 saturated heterocycles. The number of rotatable bonds is 7. The van der Waals surface area contributed by atoms with Gasteiger partial charge in [-0.15, -0.1) is 0 Å². The van der Waals surface area contributed by atoms with Crippen LogP contribution in [0.5, 0.6) is 0 Å². The average molecular weight is 394 g/mol. The number of carboxylic acids is 1. The lowest BCUT2D eigenvalue weighted by Gasteiger charge is -2.13. The zero-order valence-electron chi connectivity index (χ0n) is 16.3. The molecule has 0 unspecified atom stereocenters. The number of carbonyl (C=O) groups excluding carboxylic acids is 1. The van der Waals surface area contributed by atoms with Crippen LogP contribution in [0.25, 0.3) is 17.0 Å². The van der Waals surface area contributed by atoms with Gasteiger partial charge in [-0.3, -0.25) is 4.79 Å². The highest BCUT2D eigenvalue weighted by molar-refractivity contribution is 5.94. The summed E-state index contributed by atoms with van der Waals surface area (Å²) in [5, 5.41) is 13.1. The fraction of sp³-hybridized carbons (Fsp3) is 0.217. The van der Waals surface area contributed by atoms with Crippen LogP contribution in [0.15, 0.2) is 60.8 Å². The highest BCUT2D eigenvalue weighted by Crippen LogP contribution is 2.25. The number of carboxylic acid groups (broad SMARTS) is 1. The first kappa shape index (κ1) is 20.3. The molecule has 2 aromatic carbocycles. The first-order chi connectivity index (χ1) is 13.9. The summed E-state index contributed by atoms with van der Waals surface area (Å²) in [5.74, 6) is -2.17. The molecule has 1 atom stereocenters. The number of nitrogens with one attached hydrogen (secondary N) is 1. The second kappa shape index (κ2) is 8.73. The summed E-state index contributed by atoms with van der Waals surface area (Å²) in [6.45, 7) is 4.11. The lowest BCUT2D eigenvalue weighted by molar-refractivity contribution is -0.141. The number of aliphatic carboxylic acids is 1. The number of carbonyl (C=O) groups is 2. The summed E-state index contributed by atoms with van der Waals surface area (Å²) in [5.41, 5.74) is 2.13.